The molecule has 1 aliphatic heterocycles. The van der Waals surface area contributed by atoms with Gasteiger partial charge in [0.15, 0.2) is 11.5 Å². The number of nitrogens with one attached hydrogen (secondary N) is 3. The van der Waals surface area contributed by atoms with E-state index in [1.165, 1.54) is 6.20 Å². The normalized spacial score (nSPS) is 12.3. The minimum atomic E-state index is -0.424. The van der Waals surface area contributed by atoms with Crippen molar-refractivity contribution in [3.05, 3.63) is 58.7 Å². The van der Waals surface area contributed by atoms with E-state index in [1.54, 1.807) is 30.3 Å². The van der Waals surface area contributed by atoms with Crippen molar-refractivity contribution in [2.75, 3.05) is 25.1 Å². The van der Waals surface area contributed by atoms with Gasteiger partial charge < -0.3 is 20.1 Å². The van der Waals surface area contributed by atoms with Crippen LogP contribution in [0.15, 0.2) is 42.6 Å². The molecule has 0 aliphatic carbocycles. The Morgan fingerprint density at radius 2 is 1.97 bits per heavy atom. The number of H-pyrrole nitrogens is 1. The maximum atomic E-state index is 12.6. The summed E-state index contributed by atoms with van der Waals surface area (Å²) in [4.78, 5) is 24.9. The van der Waals surface area contributed by atoms with E-state index in [4.69, 9.17) is 21.1 Å². The van der Waals surface area contributed by atoms with Crippen molar-refractivity contribution in [1.29, 1.82) is 0 Å². The van der Waals surface area contributed by atoms with Crippen LogP contribution in [0.5, 0.6) is 11.5 Å². The van der Waals surface area contributed by atoms with Crippen LogP contribution in [-0.2, 0) is 4.79 Å². The van der Waals surface area contributed by atoms with Crippen molar-refractivity contribution in [2.24, 2.45) is 0 Å². The van der Waals surface area contributed by atoms with Crippen LogP contribution < -0.4 is 20.1 Å². The fourth-order valence-electron chi connectivity index (χ4n) is 3.07. The van der Waals surface area contributed by atoms with E-state index in [0.29, 0.717) is 46.7 Å². The molecule has 0 unspecified atom stereocenters. The van der Waals surface area contributed by atoms with Gasteiger partial charge in [0.05, 0.1) is 24.0 Å². The molecule has 4 rings (SSSR count). The van der Waals surface area contributed by atoms with Crippen LogP contribution in [0, 0.1) is 6.92 Å². The molecule has 154 valence electrons. The highest BCUT2D eigenvalue weighted by Gasteiger charge is 2.19. The monoisotopic (exact) mass is 426 g/mol. The lowest BCUT2D eigenvalue weighted by molar-refractivity contribution is -0.115. The Balaban J connectivity index is 1.43. The smallest absolute Gasteiger partial charge is 0.255 e. The van der Waals surface area contributed by atoms with Gasteiger partial charge in [0, 0.05) is 16.3 Å². The predicted molar refractivity (Wildman–Crippen MR) is 112 cm³/mol. The third kappa shape index (κ3) is 4.08. The second-order valence-electron chi connectivity index (χ2n) is 6.66. The Morgan fingerprint density at radius 3 is 2.80 bits per heavy atom. The molecular formula is C21H19ClN4O4. The van der Waals surface area contributed by atoms with Gasteiger partial charge in [0.1, 0.15) is 13.2 Å². The van der Waals surface area contributed by atoms with Gasteiger partial charge in [0.2, 0.25) is 5.91 Å². The summed E-state index contributed by atoms with van der Waals surface area (Å²) in [5, 5.41) is 12.7. The standard InChI is InChI=1S/C21H19ClN4O4/c1-12-15(22)3-2-4-16(12)25-19(27)11-23-21(28)14-10-24-26-20(14)13-5-6-17-18(9-13)30-8-7-29-17/h2-6,9-10H,7-8,11H2,1H3,(H,23,28)(H,24,26)(H,25,27). The lowest BCUT2D eigenvalue weighted by atomic mass is 10.1. The minimum Gasteiger partial charge on any atom is -0.486 e. The second-order valence-corrected chi connectivity index (χ2v) is 7.07. The molecule has 8 nitrogen and oxygen atoms in total. The van der Waals surface area contributed by atoms with E-state index in [0.717, 1.165) is 11.1 Å². The number of anilines is 1. The number of hydrogen-bond donors (Lipinski definition) is 3. The molecule has 0 fully saturated rings. The molecule has 3 aromatic rings. The van der Waals surface area contributed by atoms with Gasteiger partial charge in [-0.25, -0.2) is 0 Å². The van der Waals surface area contributed by atoms with Crippen molar-refractivity contribution in [2.45, 2.75) is 6.92 Å². The van der Waals surface area contributed by atoms with Crippen molar-refractivity contribution < 1.29 is 19.1 Å². The number of carbonyl (C=O) groups is 2. The highest BCUT2D eigenvalue weighted by molar-refractivity contribution is 6.31. The first kappa shape index (κ1) is 19.8. The number of aromatic amines is 1. The zero-order chi connectivity index (χ0) is 21.1. The lowest BCUT2D eigenvalue weighted by Crippen LogP contribution is -2.33. The number of ether oxygens (including phenoxy) is 2. The number of amides is 2. The van der Waals surface area contributed by atoms with Gasteiger partial charge >= 0.3 is 0 Å². The molecular weight excluding hydrogens is 408 g/mol. The van der Waals surface area contributed by atoms with Gasteiger partial charge in [-0.05, 0) is 42.8 Å². The number of halogens is 1. The number of carbonyl (C=O) groups excluding carboxylic acids is 2. The van der Waals surface area contributed by atoms with Crippen LogP contribution in [0.25, 0.3) is 11.3 Å². The minimum absolute atomic E-state index is 0.198. The first-order chi connectivity index (χ1) is 14.5. The van der Waals surface area contributed by atoms with E-state index in [-0.39, 0.29) is 12.5 Å². The largest absolute Gasteiger partial charge is 0.486 e. The zero-order valence-corrected chi connectivity index (χ0v) is 16.9. The molecule has 1 aliphatic rings. The number of nitrogens with zero attached hydrogens (tertiary/aromatic N) is 1. The van der Waals surface area contributed by atoms with Crippen molar-refractivity contribution in [1.82, 2.24) is 15.5 Å². The molecule has 1 aromatic heterocycles. The Labute approximate surface area is 177 Å². The van der Waals surface area contributed by atoms with Crippen LogP contribution in [-0.4, -0.2) is 41.8 Å². The lowest BCUT2D eigenvalue weighted by Gasteiger charge is -2.18. The highest BCUT2D eigenvalue weighted by Crippen LogP contribution is 2.34. The fraction of sp³-hybridized carbons (Fsp3) is 0.190. The van der Waals surface area contributed by atoms with E-state index in [2.05, 4.69) is 20.8 Å². The maximum Gasteiger partial charge on any atom is 0.255 e. The van der Waals surface area contributed by atoms with Gasteiger partial charge in [0.25, 0.3) is 5.91 Å². The van der Waals surface area contributed by atoms with E-state index in [9.17, 15) is 9.59 Å². The second kappa shape index (κ2) is 8.46. The Bertz CT molecular complexity index is 1110. The fourth-order valence-corrected chi connectivity index (χ4v) is 3.24. The van der Waals surface area contributed by atoms with Crippen LogP contribution in [0.3, 0.4) is 0 Å². The summed E-state index contributed by atoms with van der Waals surface area (Å²) in [5.41, 5.74) is 2.92. The zero-order valence-electron chi connectivity index (χ0n) is 16.1. The number of benzene rings is 2. The van der Waals surface area contributed by atoms with Gasteiger partial charge in [-0.3, -0.25) is 14.7 Å². The summed E-state index contributed by atoms with van der Waals surface area (Å²) >= 11 is 6.06. The van der Waals surface area contributed by atoms with Crippen LogP contribution in [0.2, 0.25) is 5.02 Å². The van der Waals surface area contributed by atoms with Gasteiger partial charge in [-0.15, -0.1) is 0 Å². The van der Waals surface area contributed by atoms with Crippen LogP contribution in [0.4, 0.5) is 5.69 Å². The summed E-state index contributed by atoms with van der Waals surface area (Å²) in [5.74, 6) is 0.476. The third-order valence-electron chi connectivity index (χ3n) is 4.67. The average molecular weight is 427 g/mol. The van der Waals surface area contributed by atoms with Crippen molar-refractivity contribution in [3.8, 4) is 22.8 Å². The number of hydrogen-bond acceptors (Lipinski definition) is 5. The summed E-state index contributed by atoms with van der Waals surface area (Å²) < 4.78 is 11.1. The predicted octanol–water partition coefficient (Wildman–Crippen LogP) is 3.18. The third-order valence-corrected chi connectivity index (χ3v) is 5.08. The first-order valence-corrected chi connectivity index (χ1v) is 9.67. The number of aromatic nitrogens is 2. The molecule has 0 spiro atoms. The molecule has 3 N–H and O–H groups in total. The topological polar surface area (TPSA) is 105 Å². The maximum absolute atomic E-state index is 12.6. The van der Waals surface area contributed by atoms with Gasteiger partial charge in [-0.2, -0.15) is 5.10 Å². The average Bonchev–Trinajstić information content (AvgIpc) is 3.25. The molecule has 0 saturated heterocycles. The van der Waals surface area contributed by atoms with Crippen LogP contribution >= 0.6 is 11.6 Å². The molecule has 9 heteroatoms. The van der Waals surface area contributed by atoms with E-state index < -0.39 is 5.91 Å². The highest BCUT2D eigenvalue weighted by atomic mass is 35.5. The quantitative estimate of drug-likeness (QED) is 0.581. The number of rotatable bonds is 5. The molecule has 0 atom stereocenters. The molecule has 2 aromatic carbocycles. The van der Waals surface area contributed by atoms with E-state index in [1.807, 2.05) is 13.0 Å². The number of fused-ring (bicyclic) bond motifs is 1. The Kier molecular flexibility index (Phi) is 5.58. The summed E-state index contributed by atoms with van der Waals surface area (Å²) in [6, 6.07) is 10.6. The Hall–Kier alpha value is -3.52. The van der Waals surface area contributed by atoms with Gasteiger partial charge in [-0.1, -0.05) is 17.7 Å². The molecule has 0 radical (unpaired) electrons. The van der Waals surface area contributed by atoms with Crippen LogP contribution in [0.1, 0.15) is 15.9 Å². The van der Waals surface area contributed by atoms with Crippen molar-refractivity contribution >= 4 is 29.1 Å². The van der Waals surface area contributed by atoms with Crippen molar-refractivity contribution in [3.63, 3.8) is 0 Å². The molecule has 0 bridgehead atoms. The molecule has 2 amide bonds. The summed E-state index contributed by atoms with van der Waals surface area (Å²) in [7, 11) is 0. The SMILES string of the molecule is Cc1c(Cl)cccc1NC(=O)CNC(=O)c1cn[nH]c1-c1ccc2c(c1)OCCO2. The summed E-state index contributed by atoms with van der Waals surface area (Å²) in [6.07, 6.45) is 1.42. The first-order valence-electron chi connectivity index (χ1n) is 9.29. The molecule has 2 heterocycles. The molecule has 0 saturated carbocycles. The van der Waals surface area contributed by atoms with E-state index >= 15 is 0 Å². The Morgan fingerprint density at radius 1 is 1.17 bits per heavy atom. The summed E-state index contributed by atoms with van der Waals surface area (Å²) in [6.45, 7) is 2.58. The molecule has 30 heavy (non-hydrogen) atoms.